The van der Waals surface area contributed by atoms with Gasteiger partial charge in [0.15, 0.2) is 6.61 Å². The minimum Gasteiger partial charge on any atom is -0.484 e. The average Bonchev–Trinajstić information content (AvgIpc) is 3.36. The summed E-state index contributed by atoms with van der Waals surface area (Å²) < 4.78 is 7.36. The van der Waals surface area contributed by atoms with Crippen LogP contribution in [0.25, 0.3) is 16.9 Å². The summed E-state index contributed by atoms with van der Waals surface area (Å²) in [5.41, 5.74) is 2.51. The molecular formula is C30H32N4O3. The number of ether oxygens (including phenoxy) is 1. The predicted octanol–water partition coefficient (Wildman–Crippen LogP) is 5.58. The monoisotopic (exact) mass is 496 g/mol. The molecule has 190 valence electrons. The van der Waals surface area contributed by atoms with Gasteiger partial charge in [-0.25, -0.2) is 4.68 Å². The van der Waals surface area contributed by atoms with Gasteiger partial charge in [-0.3, -0.25) is 9.59 Å². The highest BCUT2D eigenvalue weighted by molar-refractivity contribution is 5.94. The van der Waals surface area contributed by atoms with Crippen molar-refractivity contribution in [2.75, 3.05) is 25.0 Å². The van der Waals surface area contributed by atoms with Crippen LogP contribution in [0.3, 0.4) is 0 Å². The normalized spacial score (nSPS) is 10.6. The van der Waals surface area contributed by atoms with E-state index in [9.17, 15) is 9.59 Å². The SMILES string of the molecule is CCCCCN(CC(=O)Nc1cc(-c2ccccc2)nn1-c1ccccc1)C(=O)COc1ccccc1. The molecule has 0 radical (unpaired) electrons. The summed E-state index contributed by atoms with van der Waals surface area (Å²) in [4.78, 5) is 27.7. The lowest BCUT2D eigenvalue weighted by molar-refractivity contribution is -0.136. The Bertz CT molecular complexity index is 1270. The first kappa shape index (κ1) is 25.7. The molecule has 37 heavy (non-hydrogen) atoms. The van der Waals surface area contributed by atoms with Crippen molar-refractivity contribution >= 4 is 17.6 Å². The summed E-state index contributed by atoms with van der Waals surface area (Å²) in [6.45, 7) is 2.41. The first-order chi connectivity index (χ1) is 18.1. The topological polar surface area (TPSA) is 76.5 Å². The smallest absolute Gasteiger partial charge is 0.260 e. The molecule has 0 bridgehead atoms. The molecule has 0 fully saturated rings. The van der Waals surface area contributed by atoms with E-state index in [0.717, 1.165) is 36.2 Å². The largest absolute Gasteiger partial charge is 0.484 e. The number of carbonyl (C=O) groups is 2. The molecule has 4 aromatic rings. The molecule has 4 rings (SSSR count). The van der Waals surface area contributed by atoms with E-state index in [1.54, 1.807) is 21.7 Å². The van der Waals surface area contributed by atoms with E-state index in [2.05, 4.69) is 12.2 Å². The fourth-order valence-corrected chi connectivity index (χ4v) is 3.94. The summed E-state index contributed by atoms with van der Waals surface area (Å²) in [7, 11) is 0. The van der Waals surface area contributed by atoms with Gasteiger partial charge < -0.3 is 15.0 Å². The van der Waals surface area contributed by atoms with Gasteiger partial charge in [0.1, 0.15) is 18.1 Å². The number of nitrogens with zero attached hydrogens (tertiary/aromatic N) is 3. The van der Waals surface area contributed by atoms with Crippen molar-refractivity contribution < 1.29 is 14.3 Å². The first-order valence-electron chi connectivity index (χ1n) is 12.6. The van der Waals surface area contributed by atoms with Gasteiger partial charge in [-0.2, -0.15) is 5.10 Å². The molecule has 0 saturated heterocycles. The van der Waals surface area contributed by atoms with Crippen molar-refractivity contribution in [3.8, 4) is 22.7 Å². The van der Waals surface area contributed by atoms with E-state index in [4.69, 9.17) is 9.84 Å². The number of carbonyl (C=O) groups excluding carboxylic acids is 2. The zero-order valence-electron chi connectivity index (χ0n) is 21.0. The molecule has 0 spiro atoms. The van der Waals surface area contributed by atoms with Gasteiger partial charge >= 0.3 is 0 Å². The Hall–Kier alpha value is -4.39. The Kier molecular flexibility index (Phi) is 9.07. The van der Waals surface area contributed by atoms with Crippen LogP contribution in [-0.4, -0.2) is 46.2 Å². The number of nitrogens with one attached hydrogen (secondary N) is 1. The fraction of sp³-hybridized carbons (Fsp3) is 0.233. The van der Waals surface area contributed by atoms with E-state index in [1.807, 2.05) is 84.9 Å². The van der Waals surface area contributed by atoms with Gasteiger partial charge in [-0.1, -0.05) is 86.5 Å². The van der Waals surface area contributed by atoms with Gasteiger partial charge in [0.25, 0.3) is 5.91 Å². The predicted molar refractivity (Wildman–Crippen MR) is 146 cm³/mol. The molecule has 3 aromatic carbocycles. The average molecular weight is 497 g/mol. The number of benzene rings is 3. The molecule has 1 aromatic heterocycles. The van der Waals surface area contributed by atoms with Crippen LogP contribution in [0.5, 0.6) is 5.75 Å². The lowest BCUT2D eigenvalue weighted by Crippen LogP contribution is -2.41. The third-order valence-electron chi connectivity index (χ3n) is 5.87. The zero-order chi connectivity index (χ0) is 25.9. The summed E-state index contributed by atoms with van der Waals surface area (Å²) >= 11 is 0. The molecule has 2 amide bonds. The lowest BCUT2D eigenvalue weighted by Gasteiger charge is -2.22. The molecule has 0 saturated carbocycles. The molecule has 0 unspecified atom stereocenters. The second-order valence-electron chi connectivity index (χ2n) is 8.70. The number of aromatic nitrogens is 2. The van der Waals surface area contributed by atoms with Crippen molar-refractivity contribution in [2.24, 2.45) is 0 Å². The van der Waals surface area contributed by atoms with E-state index in [0.29, 0.717) is 18.1 Å². The van der Waals surface area contributed by atoms with Crippen LogP contribution in [0.4, 0.5) is 5.82 Å². The molecule has 0 atom stereocenters. The molecule has 1 heterocycles. The summed E-state index contributed by atoms with van der Waals surface area (Å²) in [5, 5.41) is 7.72. The Balaban J connectivity index is 1.49. The summed E-state index contributed by atoms with van der Waals surface area (Å²) in [6, 6.07) is 30.5. The van der Waals surface area contributed by atoms with Crippen LogP contribution >= 0.6 is 0 Å². The third-order valence-corrected chi connectivity index (χ3v) is 5.87. The minimum absolute atomic E-state index is 0.0681. The summed E-state index contributed by atoms with van der Waals surface area (Å²) in [5.74, 6) is 0.642. The summed E-state index contributed by atoms with van der Waals surface area (Å²) in [6.07, 6.45) is 2.82. The molecule has 0 aliphatic heterocycles. The maximum atomic E-state index is 13.2. The van der Waals surface area contributed by atoms with E-state index in [-0.39, 0.29) is 25.0 Å². The first-order valence-corrected chi connectivity index (χ1v) is 12.6. The number of hydrogen-bond acceptors (Lipinski definition) is 4. The van der Waals surface area contributed by atoms with Crippen molar-refractivity contribution in [2.45, 2.75) is 26.2 Å². The Labute approximate surface area is 217 Å². The molecule has 0 aliphatic carbocycles. The van der Waals surface area contributed by atoms with E-state index >= 15 is 0 Å². The number of rotatable bonds is 12. The highest BCUT2D eigenvalue weighted by Crippen LogP contribution is 2.24. The van der Waals surface area contributed by atoms with Crippen molar-refractivity contribution in [3.05, 3.63) is 97.1 Å². The highest BCUT2D eigenvalue weighted by Gasteiger charge is 2.20. The zero-order valence-corrected chi connectivity index (χ0v) is 21.0. The van der Waals surface area contributed by atoms with Gasteiger partial charge in [-0.05, 0) is 30.7 Å². The van der Waals surface area contributed by atoms with Crippen LogP contribution < -0.4 is 10.1 Å². The number of unbranched alkanes of at least 4 members (excludes halogenated alkanes) is 2. The van der Waals surface area contributed by atoms with Crippen molar-refractivity contribution in [1.82, 2.24) is 14.7 Å². The lowest BCUT2D eigenvalue weighted by atomic mass is 10.1. The standard InChI is InChI=1S/C30H32N4O3/c1-2-3-13-20-33(30(36)23-37-26-18-11-6-12-19-26)22-29(35)31-28-21-27(24-14-7-4-8-15-24)32-34(28)25-16-9-5-10-17-25/h4-12,14-19,21H,2-3,13,20,22-23H2,1H3,(H,31,35). The van der Waals surface area contributed by atoms with Crippen LogP contribution in [-0.2, 0) is 9.59 Å². The highest BCUT2D eigenvalue weighted by atomic mass is 16.5. The minimum atomic E-state index is -0.291. The molecule has 7 heteroatoms. The molecule has 1 N–H and O–H groups in total. The van der Waals surface area contributed by atoms with E-state index < -0.39 is 0 Å². The maximum absolute atomic E-state index is 13.2. The van der Waals surface area contributed by atoms with E-state index in [1.165, 1.54) is 0 Å². The van der Waals surface area contributed by atoms with Gasteiger partial charge in [-0.15, -0.1) is 0 Å². The molecular weight excluding hydrogens is 464 g/mol. The molecule has 0 aliphatic rings. The van der Waals surface area contributed by atoms with Gasteiger partial charge in [0, 0.05) is 18.2 Å². The maximum Gasteiger partial charge on any atom is 0.260 e. The quantitative estimate of drug-likeness (QED) is 0.260. The number of amides is 2. The fourth-order valence-electron chi connectivity index (χ4n) is 3.94. The van der Waals surface area contributed by atoms with Crippen LogP contribution in [0.2, 0.25) is 0 Å². The van der Waals surface area contributed by atoms with Crippen LogP contribution in [0, 0.1) is 0 Å². The van der Waals surface area contributed by atoms with Crippen molar-refractivity contribution in [3.63, 3.8) is 0 Å². The Morgan fingerprint density at radius 2 is 1.54 bits per heavy atom. The Morgan fingerprint density at radius 1 is 0.892 bits per heavy atom. The molecule has 7 nitrogen and oxygen atoms in total. The van der Waals surface area contributed by atoms with Crippen molar-refractivity contribution in [1.29, 1.82) is 0 Å². The van der Waals surface area contributed by atoms with Gasteiger partial charge in [0.2, 0.25) is 5.91 Å². The number of hydrogen-bond donors (Lipinski definition) is 1. The second kappa shape index (κ2) is 13.1. The number of para-hydroxylation sites is 2. The van der Waals surface area contributed by atoms with Crippen LogP contribution in [0.1, 0.15) is 26.2 Å². The second-order valence-corrected chi connectivity index (χ2v) is 8.70. The Morgan fingerprint density at radius 3 is 2.22 bits per heavy atom. The third kappa shape index (κ3) is 7.30. The number of anilines is 1. The van der Waals surface area contributed by atoms with Gasteiger partial charge in [0.05, 0.1) is 11.4 Å². The van der Waals surface area contributed by atoms with Crippen LogP contribution in [0.15, 0.2) is 97.1 Å².